The molecule has 1 unspecified atom stereocenters. The number of hydrogen-bond donors (Lipinski definition) is 2. The Bertz CT molecular complexity index is 569. The Balaban J connectivity index is 2.54. The zero-order chi connectivity index (χ0) is 14.0. The van der Waals surface area contributed by atoms with Crippen LogP contribution in [0.5, 0.6) is 5.75 Å². The second kappa shape index (κ2) is 5.87. The molecule has 2 aromatic rings. The number of aromatic nitrogens is 3. The van der Waals surface area contributed by atoms with E-state index in [4.69, 9.17) is 22.2 Å². The first-order chi connectivity index (χ1) is 9.08. The molecule has 0 fully saturated rings. The highest BCUT2D eigenvalue weighted by molar-refractivity contribution is 9.10. The number of aryl methyl sites for hydroxylation is 1. The Kier molecular flexibility index (Phi) is 4.41. The maximum absolute atomic E-state index is 5.96. The molecule has 19 heavy (non-hydrogen) atoms. The van der Waals surface area contributed by atoms with Gasteiger partial charge in [-0.2, -0.15) is 0 Å². The molecule has 2 rings (SSSR count). The number of nitrogens with zero attached hydrogens (tertiary/aromatic N) is 3. The third-order valence-corrected chi connectivity index (χ3v) is 3.57. The number of ether oxygens (including phenoxy) is 1. The lowest BCUT2D eigenvalue weighted by molar-refractivity contribution is 0.402. The Labute approximate surface area is 124 Å². The van der Waals surface area contributed by atoms with Crippen molar-refractivity contribution >= 4 is 27.5 Å². The summed E-state index contributed by atoms with van der Waals surface area (Å²) in [6.07, 6.45) is 0. The van der Waals surface area contributed by atoms with E-state index in [1.54, 1.807) is 31.0 Å². The Morgan fingerprint density at radius 3 is 2.79 bits per heavy atom. The van der Waals surface area contributed by atoms with Gasteiger partial charge in [-0.3, -0.25) is 5.84 Å². The van der Waals surface area contributed by atoms with Gasteiger partial charge in [-0.25, -0.2) is 10.1 Å². The second-order valence-electron chi connectivity index (χ2n) is 3.88. The smallest absolute Gasteiger partial charge is 0.153 e. The van der Waals surface area contributed by atoms with Crippen LogP contribution in [0.2, 0.25) is 5.02 Å². The van der Waals surface area contributed by atoms with Crippen LogP contribution < -0.4 is 16.0 Å². The van der Waals surface area contributed by atoms with E-state index in [0.29, 0.717) is 15.4 Å². The van der Waals surface area contributed by atoms with E-state index in [2.05, 4.69) is 31.7 Å². The minimum Gasteiger partial charge on any atom is -0.496 e. The van der Waals surface area contributed by atoms with Crippen LogP contribution in [-0.2, 0) is 7.05 Å². The summed E-state index contributed by atoms with van der Waals surface area (Å²) < 4.78 is 7.60. The number of hydrazine groups is 1. The first kappa shape index (κ1) is 14.3. The Morgan fingerprint density at radius 2 is 2.26 bits per heavy atom. The molecule has 1 aromatic heterocycles. The maximum Gasteiger partial charge on any atom is 0.153 e. The molecule has 0 saturated carbocycles. The molecule has 8 heteroatoms. The highest BCUT2D eigenvalue weighted by atomic mass is 79.9. The van der Waals surface area contributed by atoms with E-state index < -0.39 is 0 Å². The van der Waals surface area contributed by atoms with Crippen LogP contribution in [-0.4, -0.2) is 22.1 Å². The van der Waals surface area contributed by atoms with E-state index in [0.717, 1.165) is 11.3 Å². The molecule has 1 heterocycles. The van der Waals surface area contributed by atoms with E-state index in [-0.39, 0.29) is 6.04 Å². The molecule has 0 aliphatic heterocycles. The van der Waals surface area contributed by atoms with Gasteiger partial charge in [-0.1, -0.05) is 22.9 Å². The first-order valence-electron chi connectivity index (χ1n) is 5.43. The van der Waals surface area contributed by atoms with Crippen molar-refractivity contribution in [3.8, 4) is 5.75 Å². The molecule has 102 valence electrons. The van der Waals surface area contributed by atoms with Crippen LogP contribution in [0.3, 0.4) is 0 Å². The fraction of sp³-hybridized carbons (Fsp3) is 0.273. The second-order valence-corrected chi connectivity index (χ2v) is 5.06. The lowest BCUT2D eigenvalue weighted by atomic mass is 10.0. The van der Waals surface area contributed by atoms with Crippen LogP contribution in [0, 0.1) is 0 Å². The van der Waals surface area contributed by atoms with Crippen molar-refractivity contribution < 1.29 is 4.74 Å². The molecular weight excluding hydrogens is 334 g/mol. The molecule has 0 radical (unpaired) electrons. The van der Waals surface area contributed by atoms with E-state index in [1.807, 2.05) is 6.07 Å². The summed E-state index contributed by atoms with van der Waals surface area (Å²) in [7, 11) is 3.37. The van der Waals surface area contributed by atoms with Crippen molar-refractivity contribution in [3.63, 3.8) is 0 Å². The summed E-state index contributed by atoms with van der Waals surface area (Å²) >= 11 is 9.32. The standard InChI is InChI=1S/C11H13BrClN5O/c1-18-10(11(12)16-17-18)9(15-14)7-4-3-6(13)5-8(7)19-2/h3-5,9,15H,14H2,1-2H3. The molecule has 1 atom stereocenters. The van der Waals surface area contributed by atoms with Crippen molar-refractivity contribution in [3.05, 3.63) is 39.1 Å². The maximum atomic E-state index is 5.96. The van der Waals surface area contributed by atoms with E-state index >= 15 is 0 Å². The van der Waals surface area contributed by atoms with Gasteiger partial charge in [0.25, 0.3) is 0 Å². The summed E-state index contributed by atoms with van der Waals surface area (Å²) in [6, 6.07) is 5.05. The third kappa shape index (κ3) is 2.74. The number of methoxy groups -OCH3 is 1. The topological polar surface area (TPSA) is 78.0 Å². The predicted molar refractivity (Wildman–Crippen MR) is 75.9 cm³/mol. The van der Waals surface area contributed by atoms with Gasteiger partial charge in [0.15, 0.2) is 4.60 Å². The number of hydrogen-bond acceptors (Lipinski definition) is 5. The SMILES string of the molecule is COc1cc(Cl)ccc1C(NN)c1c(Br)nnn1C. The molecular formula is C11H13BrClN5O. The fourth-order valence-corrected chi connectivity index (χ4v) is 2.60. The minimum absolute atomic E-state index is 0.318. The monoisotopic (exact) mass is 345 g/mol. The Hall–Kier alpha value is -1.15. The molecule has 0 amide bonds. The van der Waals surface area contributed by atoms with Crippen LogP contribution in [0.4, 0.5) is 0 Å². The number of rotatable bonds is 4. The summed E-state index contributed by atoms with van der Waals surface area (Å²) in [4.78, 5) is 0. The van der Waals surface area contributed by atoms with Crippen LogP contribution in [0.15, 0.2) is 22.8 Å². The molecule has 1 aromatic carbocycles. The zero-order valence-electron chi connectivity index (χ0n) is 10.4. The normalized spacial score (nSPS) is 12.5. The van der Waals surface area contributed by atoms with Crippen molar-refractivity contribution in [1.29, 1.82) is 0 Å². The van der Waals surface area contributed by atoms with E-state index in [9.17, 15) is 0 Å². The number of nitrogens with one attached hydrogen (secondary N) is 1. The summed E-state index contributed by atoms with van der Waals surface area (Å²) in [5.41, 5.74) is 4.38. The summed E-state index contributed by atoms with van der Waals surface area (Å²) in [6.45, 7) is 0. The molecule has 3 N–H and O–H groups in total. The molecule has 0 bridgehead atoms. The van der Waals surface area contributed by atoms with Crippen molar-refractivity contribution in [2.75, 3.05) is 7.11 Å². The van der Waals surface area contributed by atoms with Gasteiger partial charge < -0.3 is 4.74 Å². The number of benzene rings is 1. The molecule has 0 spiro atoms. The Morgan fingerprint density at radius 1 is 1.53 bits per heavy atom. The van der Waals surface area contributed by atoms with Crippen LogP contribution in [0.1, 0.15) is 17.3 Å². The molecule has 6 nitrogen and oxygen atoms in total. The van der Waals surface area contributed by atoms with Gasteiger partial charge in [0, 0.05) is 17.6 Å². The molecule has 0 aliphatic carbocycles. The average Bonchev–Trinajstić information content (AvgIpc) is 2.73. The quantitative estimate of drug-likeness (QED) is 0.652. The summed E-state index contributed by atoms with van der Waals surface area (Å²) in [5.74, 6) is 6.31. The van der Waals surface area contributed by atoms with Crippen molar-refractivity contribution in [2.24, 2.45) is 12.9 Å². The number of halogens is 2. The predicted octanol–water partition coefficient (Wildman–Crippen LogP) is 1.79. The highest BCUT2D eigenvalue weighted by Gasteiger charge is 2.23. The molecule has 0 aliphatic rings. The van der Waals surface area contributed by atoms with Gasteiger partial charge >= 0.3 is 0 Å². The van der Waals surface area contributed by atoms with Gasteiger partial charge in [-0.05, 0) is 28.1 Å². The van der Waals surface area contributed by atoms with Gasteiger partial charge in [-0.15, -0.1) is 5.10 Å². The zero-order valence-corrected chi connectivity index (χ0v) is 12.7. The van der Waals surface area contributed by atoms with Crippen LogP contribution >= 0.6 is 27.5 Å². The van der Waals surface area contributed by atoms with E-state index in [1.165, 1.54) is 0 Å². The van der Waals surface area contributed by atoms with Gasteiger partial charge in [0.05, 0.1) is 18.8 Å². The van der Waals surface area contributed by atoms with Gasteiger partial charge in [0.2, 0.25) is 0 Å². The average molecular weight is 347 g/mol. The largest absolute Gasteiger partial charge is 0.496 e. The first-order valence-corrected chi connectivity index (χ1v) is 6.60. The minimum atomic E-state index is -0.318. The fourth-order valence-electron chi connectivity index (χ4n) is 1.88. The van der Waals surface area contributed by atoms with Crippen molar-refractivity contribution in [1.82, 2.24) is 20.4 Å². The van der Waals surface area contributed by atoms with Gasteiger partial charge in [0.1, 0.15) is 5.75 Å². The summed E-state index contributed by atoms with van der Waals surface area (Å²) in [5, 5.41) is 8.49. The third-order valence-electron chi connectivity index (χ3n) is 2.77. The lowest BCUT2D eigenvalue weighted by Gasteiger charge is -2.19. The molecule has 0 saturated heterocycles. The number of nitrogens with two attached hydrogens (primary N) is 1. The van der Waals surface area contributed by atoms with Crippen molar-refractivity contribution in [2.45, 2.75) is 6.04 Å². The van der Waals surface area contributed by atoms with Crippen LogP contribution in [0.25, 0.3) is 0 Å². The highest BCUT2D eigenvalue weighted by Crippen LogP contribution is 2.33. The lowest BCUT2D eigenvalue weighted by Crippen LogP contribution is -2.31.